The van der Waals surface area contributed by atoms with Crippen LogP contribution in [0.15, 0.2) is 42.6 Å². The van der Waals surface area contributed by atoms with Crippen LogP contribution in [0.1, 0.15) is 29.8 Å². The maximum atomic E-state index is 13.6. The molecule has 1 aliphatic heterocycles. The van der Waals surface area contributed by atoms with Gasteiger partial charge in [0, 0.05) is 55.1 Å². The first kappa shape index (κ1) is 18.9. The third kappa shape index (κ3) is 4.06. The smallest absolute Gasteiger partial charge is 0.257 e. The standard InChI is InChI=1S/C21H19F2N3O3/c1-21(2)11-16-17(28-15-9-13(22)8-14(23)10-15)6-12(7-18(16)29-21)20(27)24-19-4-5-26(3)25-19/h4-10H,11H2,1-3H3,(H,24,25,27). The predicted molar refractivity (Wildman–Crippen MR) is 102 cm³/mol. The van der Waals surface area contributed by atoms with Crippen LogP contribution in [0.2, 0.25) is 0 Å². The summed E-state index contributed by atoms with van der Waals surface area (Å²) < 4.78 is 40.4. The zero-order chi connectivity index (χ0) is 20.8. The Labute approximate surface area is 166 Å². The van der Waals surface area contributed by atoms with E-state index in [9.17, 15) is 13.6 Å². The fourth-order valence-corrected chi connectivity index (χ4v) is 3.25. The van der Waals surface area contributed by atoms with Crippen molar-refractivity contribution in [3.8, 4) is 17.2 Å². The SMILES string of the molecule is Cn1ccc(NC(=O)c2cc(Oc3cc(F)cc(F)c3)c3c(c2)OC(C)(C)C3)n1. The molecule has 1 aromatic heterocycles. The van der Waals surface area contributed by atoms with Crippen LogP contribution >= 0.6 is 0 Å². The normalized spacial score (nSPS) is 14.2. The Morgan fingerprint density at radius 1 is 1.21 bits per heavy atom. The van der Waals surface area contributed by atoms with Gasteiger partial charge in [-0.1, -0.05) is 0 Å². The van der Waals surface area contributed by atoms with E-state index in [1.807, 2.05) is 13.8 Å². The number of carbonyl (C=O) groups is 1. The molecular formula is C21H19F2N3O3. The average molecular weight is 399 g/mol. The lowest BCUT2D eigenvalue weighted by Gasteiger charge is -2.16. The van der Waals surface area contributed by atoms with Gasteiger partial charge in [0.1, 0.15) is 34.5 Å². The van der Waals surface area contributed by atoms with E-state index >= 15 is 0 Å². The highest BCUT2D eigenvalue weighted by atomic mass is 19.1. The molecule has 6 nitrogen and oxygen atoms in total. The Balaban J connectivity index is 1.70. The van der Waals surface area contributed by atoms with Gasteiger partial charge in [-0.2, -0.15) is 5.10 Å². The molecule has 29 heavy (non-hydrogen) atoms. The highest BCUT2D eigenvalue weighted by molar-refractivity contribution is 6.04. The van der Waals surface area contributed by atoms with Crippen LogP contribution in [-0.2, 0) is 13.5 Å². The fourth-order valence-electron chi connectivity index (χ4n) is 3.25. The van der Waals surface area contributed by atoms with Gasteiger partial charge in [-0.05, 0) is 26.0 Å². The lowest BCUT2D eigenvalue weighted by atomic mass is 9.99. The molecule has 0 fully saturated rings. The number of aromatic nitrogens is 2. The molecule has 0 bridgehead atoms. The summed E-state index contributed by atoms with van der Waals surface area (Å²) in [5.41, 5.74) is 0.511. The van der Waals surface area contributed by atoms with Crippen LogP contribution in [-0.4, -0.2) is 21.3 Å². The minimum absolute atomic E-state index is 0.00306. The highest BCUT2D eigenvalue weighted by Crippen LogP contribution is 2.43. The van der Waals surface area contributed by atoms with Gasteiger partial charge in [0.2, 0.25) is 0 Å². The van der Waals surface area contributed by atoms with E-state index in [0.29, 0.717) is 23.7 Å². The summed E-state index contributed by atoms with van der Waals surface area (Å²) in [7, 11) is 1.74. The van der Waals surface area contributed by atoms with Gasteiger partial charge in [-0.15, -0.1) is 0 Å². The van der Waals surface area contributed by atoms with Gasteiger partial charge >= 0.3 is 0 Å². The molecule has 0 radical (unpaired) electrons. The van der Waals surface area contributed by atoms with Gasteiger partial charge in [0.25, 0.3) is 5.91 Å². The predicted octanol–water partition coefficient (Wildman–Crippen LogP) is 4.46. The van der Waals surface area contributed by atoms with E-state index in [0.717, 1.165) is 23.8 Å². The first-order valence-corrected chi connectivity index (χ1v) is 8.99. The summed E-state index contributed by atoms with van der Waals surface area (Å²) >= 11 is 0. The number of rotatable bonds is 4. The van der Waals surface area contributed by atoms with Crippen molar-refractivity contribution in [1.82, 2.24) is 9.78 Å². The number of nitrogens with zero attached hydrogens (tertiary/aromatic N) is 2. The van der Waals surface area contributed by atoms with Crippen molar-refractivity contribution in [3.63, 3.8) is 0 Å². The number of anilines is 1. The maximum absolute atomic E-state index is 13.6. The number of hydrogen-bond donors (Lipinski definition) is 1. The number of nitrogens with one attached hydrogen (secondary N) is 1. The zero-order valence-electron chi connectivity index (χ0n) is 16.1. The monoisotopic (exact) mass is 399 g/mol. The summed E-state index contributed by atoms with van der Waals surface area (Å²) in [4.78, 5) is 12.7. The van der Waals surface area contributed by atoms with Gasteiger partial charge in [0.15, 0.2) is 5.82 Å². The van der Waals surface area contributed by atoms with E-state index in [-0.39, 0.29) is 11.3 Å². The molecule has 0 atom stereocenters. The molecule has 3 aromatic rings. The second-order valence-electron chi connectivity index (χ2n) is 7.53. The zero-order valence-corrected chi connectivity index (χ0v) is 16.1. The topological polar surface area (TPSA) is 65.4 Å². The van der Waals surface area contributed by atoms with E-state index in [1.54, 1.807) is 30.1 Å². The number of amides is 1. The Morgan fingerprint density at radius 3 is 2.59 bits per heavy atom. The van der Waals surface area contributed by atoms with Gasteiger partial charge in [-0.3, -0.25) is 9.48 Å². The second kappa shape index (κ2) is 6.88. The van der Waals surface area contributed by atoms with Crippen LogP contribution in [0.4, 0.5) is 14.6 Å². The third-order valence-electron chi connectivity index (χ3n) is 4.44. The number of hydrogen-bond acceptors (Lipinski definition) is 4. The van der Waals surface area contributed by atoms with Gasteiger partial charge in [-0.25, -0.2) is 8.78 Å². The molecule has 0 aliphatic carbocycles. The van der Waals surface area contributed by atoms with Crippen molar-refractivity contribution in [2.75, 3.05) is 5.32 Å². The quantitative estimate of drug-likeness (QED) is 0.704. The van der Waals surface area contributed by atoms with Crippen molar-refractivity contribution in [2.24, 2.45) is 7.05 Å². The summed E-state index contributed by atoms with van der Waals surface area (Å²) in [6.45, 7) is 3.82. The highest BCUT2D eigenvalue weighted by Gasteiger charge is 2.34. The molecule has 2 aromatic carbocycles. The number of aryl methyl sites for hydroxylation is 1. The average Bonchev–Trinajstić information content (AvgIpc) is 3.15. The van der Waals surface area contributed by atoms with Crippen LogP contribution in [0.25, 0.3) is 0 Å². The Bertz CT molecular complexity index is 1090. The lowest BCUT2D eigenvalue weighted by Crippen LogP contribution is -2.24. The molecule has 0 unspecified atom stereocenters. The van der Waals surface area contributed by atoms with Crippen molar-refractivity contribution in [2.45, 2.75) is 25.9 Å². The molecule has 1 amide bonds. The van der Waals surface area contributed by atoms with Gasteiger partial charge < -0.3 is 14.8 Å². The van der Waals surface area contributed by atoms with Crippen molar-refractivity contribution in [1.29, 1.82) is 0 Å². The molecule has 1 aliphatic rings. The van der Waals surface area contributed by atoms with Crippen LogP contribution in [0.5, 0.6) is 17.2 Å². The molecule has 2 heterocycles. The maximum Gasteiger partial charge on any atom is 0.257 e. The van der Waals surface area contributed by atoms with Crippen LogP contribution < -0.4 is 14.8 Å². The number of ether oxygens (including phenoxy) is 2. The fraction of sp³-hybridized carbons (Fsp3) is 0.238. The number of halogens is 2. The summed E-state index contributed by atoms with van der Waals surface area (Å²) in [6, 6.07) is 7.75. The molecule has 0 spiro atoms. The number of fused-ring (bicyclic) bond motifs is 1. The van der Waals surface area contributed by atoms with Crippen molar-refractivity contribution < 1.29 is 23.0 Å². The minimum atomic E-state index is -0.753. The molecule has 150 valence electrons. The Hall–Kier alpha value is -3.42. The van der Waals surface area contributed by atoms with E-state index < -0.39 is 23.1 Å². The number of benzene rings is 2. The van der Waals surface area contributed by atoms with E-state index in [4.69, 9.17) is 9.47 Å². The largest absolute Gasteiger partial charge is 0.487 e. The molecule has 0 saturated carbocycles. The summed E-state index contributed by atoms with van der Waals surface area (Å²) in [6.07, 6.45) is 2.23. The van der Waals surface area contributed by atoms with Crippen LogP contribution in [0.3, 0.4) is 0 Å². The first-order chi connectivity index (χ1) is 13.7. The molecule has 0 saturated heterocycles. The van der Waals surface area contributed by atoms with Crippen LogP contribution in [0, 0.1) is 11.6 Å². The molecular weight excluding hydrogens is 380 g/mol. The molecule has 1 N–H and O–H groups in total. The van der Waals surface area contributed by atoms with Crippen molar-refractivity contribution in [3.05, 3.63) is 65.4 Å². The minimum Gasteiger partial charge on any atom is -0.487 e. The van der Waals surface area contributed by atoms with Crippen molar-refractivity contribution >= 4 is 11.7 Å². The molecule has 8 heteroatoms. The summed E-state index contributed by atoms with van der Waals surface area (Å²) in [5, 5.41) is 6.82. The Kier molecular flexibility index (Phi) is 4.49. The first-order valence-electron chi connectivity index (χ1n) is 8.99. The number of carbonyl (C=O) groups excluding carboxylic acids is 1. The second-order valence-corrected chi connectivity index (χ2v) is 7.53. The summed E-state index contributed by atoms with van der Waals surface area (Å²) in [5.74, 6) is -0.713. The lowest BCUT2D eigenvalue weighted by molar-refractivity contribution is 0.102. The van der Waals surface area contributed by atoms with Gasteiger partial charge in [0.05, 0.1) is 0 Å². The third-order valence-corrected chi connectivity index (χ3v) is 4.44. The molecule has 4 rings (SSSR count). The van der Waals surface area contributed by atoms with E-state index in [2.05, 4.69) is 10.4 Å². The Morgan fingerprint density at radius 2 is 1.93 bits per heavy atom. The van der Waals surface area contributed by atoms with E-state index in [1.165, 1.54) is 6.07 Å².